The summed E-state index contributed by atoms with van der Waals surface area (Å²) in [6.07, 6.45) is 2.36. The molecule has 0 saturated heterocycles. The van der Waals surface area contributed by atoms with Crippen molar-refractivity contribution in [1.82, 2.24) is 10.3 Å². The van der Waals surface area contributed by atoms with Crippen LogP contribution in [0.4, 0.5) is 0 Å². The highest BCUT2D eigenvalue weighted by Crippen LogP contribution is 2.18. The van der Waals surface area contributed by atoms with Crippen molar-refractivity contribution in [2.75, 3.05) is 6.54 Å². The third-order valence-electron chi connectivity index (χ3n) is 2.91. The third-order valence-corrected chi connectivity index (χ3v) is 3.04. The summed E-state index contributed by atoms with van der Waals surface area (Å²) in [6.45, 7) is 3.75. The van der Waals surface area contributed by atoms with Gasteiger partial charge < -0.3 is 16.0 Å². The summed E-state index contributed by atoms with van der Waals surface area (Å²) in [5.74, 6) is -0.230. The number of aromatic amines is 1. The van der Waals surface area contributed by atoms with Gasteiger partial charge in [0.25, 0.3) is 0 Å². The van der Waals surface area contributed by atoms with E-state index in [4.69, 9.17) is 17.3 Å². The van der Waals surface area contributed by atoms with Crippen molar-refractivity contribution in [3.8, 4) is 0 Å². The topological polar surface area (TPSA) is 70.9 Å². The molecule has 1 aromatic heterocycles. The van der Waals surface area contributed by atoms with Crippen molar-refractivity contribution in [2.24, 2.45) is 5.73 Å². The van der Waals surface area contributed by atoms with E-state index in [0.29, 0.717) is 11.5 Å². The van der Waals surface area contributed by atoms with E-state index in [1.807, 2.05) is 30.5 Å². The van der Waals surface area contributed by atoms with Gasteiger partial charge >= 0.3 is 0 Å². The zero-order chi connectivity index (χ0) is 13.8. The molecule has 2 aromatic rings. The van der Waals surface area contributed by atoms with Crippen LogP contribution in [0, 0.1) is 0 Å². The first kappa shape index (κ1) is 13.6. The molecule has 0 aliphatic carbocycles. The van der Waals surface area contributed by atoms with Gasteiger partial charge in [0.15, 0.2) is 0 Å². The van der Waals surface area contributed by atoms with E-state index in [9.17, 15) is 4.79 Å². The summed E-state index contributed by atoms with van der Waals surface area (Å²) in [5.41, 5.74) is 7.96. The third kappa shape index (κ3) is 3.36. The Bertz CT molecular complexity index is 606. The predicted molar refractivity (Wildman–Crippen MR) is 78.0 cm³/mol. The molecule has 1 aromatic carbocycles. The molecule has 100 valence electrons. The smallest absolute Gasteiger partial charge is 0.237 e. The van der Waals surface area contributed by atoms with Crippen LogP contribution in [0.5, 0.6) is 0 Å². The molecule has 0 radical (unpaired) electrons. The SMILES string of the molecule is C=C(Cl)CNC(=O)C(N)Cc1c[nH]c2ccccc12. The van der Waals surface area contributed by atoms with Crippen LogP contribution in [0.15, 0.2) is 42.1 Å². The Balaban J connectivity index is 2.04. The molecule has 0 spiro atoms. The molecule has 0 aliphatic heterocycles. The zero-order valence-corrected chi connectivity index (χ0v) is 11.2. The number of hydrogen-bond acceptors (Lipinski definition) is 2. The molecule has 1 heterocycles. The van der Waals surface area contributed by atoms with E-state index in [1.54, 1.807) is 0 Å². The van der Waals surface area contributed by atoms with Crippen LogP contribution in [0.1, 0.15) is 5.56 Å². The second-order valence-electron chi connectivity index (χ2n) is 4.41. The Hall–Kier alpha value is -1.78. The van der Waals surface area contributed by atoms with Crippen LogP contribution < -0.4 is 11.1 Å². The first-order valence-electron chi connectivity index (χ1n) is 5.99. The van der Waals surface area contributed by atoms with Crippen LogP contribution in [-0.4, -0.2) is 23.5 Å². The molecular weight excluding hydrogens is 262 g/mol. The summed E-state index contributed by atoms with van der Waals surface area (Å²) in [7, 11) is 0. The maximum atomic E-state index is 11.8. The lowest BCUT2D eigenvalue weighted by atomic mass is 10.1. The Morgan fingerprint density at radius 1 is 1.47 bits per heavy atom. The number of H-pyrrole nitrogens is 1. The standard InChI is InChI=1S/C14H16ClN3O/c1-9(15)7-18-14(19)12(16)6-10-8-17-13-5-3-2-4-11(10)13/h2-5,8,12,17H,1,6-7,16H2,(H,18,19). The van der Waals surface area contributed by atoms with Crippen molar-refractivity contribution in [3.63, 3.8) is 0 Å². The number of rotatable bonds is 5. The van der Waals surface area contributed by atoms with Gasteiger partial charge in [-0.05, 0) is 18.1 Å². The van der Waals surface area contributed by atoms with Crippen LogP contribution in [0.2, 0.25) is 0 Å². The average molecular weight is 278 g/mol. The highest BCUT2D eigenvalue weighted by Gasteiger charge is 2.15. The van der Waals surface area contributed by atoms with Gasteiger partial charge in [-0.1, -0.05) is 36.4 Å². The van der Waals surface area contributed by atoms with Gasteiger partial charge in [-0.25, -0.2) is 0 Å². The molecular formula is C14H16ClN3O. The number of nitrogens with two attached hydrogens (primary N) is 1. The van der Waals surface area contributed by atoms with Gasteiger partial charge in [-0.15, -0.1) is 0 Å². The Kier molecular flexibility index (Phi) is 4.24. The highest BCUT2D eigenvalue weighted by molar-refractivity contribution is 6.29. The molecule has 0 saturated carbocycles. The minimum atomic E-state index is -0.602. The van der Waals surface area contributed by atoms with Gasteiger partial charge in [0.2, 0.25) is 5.91 Å². The van der Waals surface area contributed by atoms with E-state index in [0.717, 1.165) is 16.5 Å². The maximum absolute atomic E-state index is 11.8. The summed E-state index contributed by atoms with van der Waals surface area (Å²) in [5, 5.41) is 4.11. The Morgan fingerprint density at radius 2 is 2.21 bits per heavy atom. The number of fused-ring (bicyclic) bond motifs is 1. The van der Waals surface area contributed by atoms with E-state index >= 15 is 0 Å². The fourth-order valence-corrected chi connectivity index (χ4v) is 2.01. The Labute approximate surface area is 116 Å². The zero-order valence-electron chi connectivity index (χ0n) is 10.4. The average Bonchev–Trinajstić information content (AvgIpc) is 2.79. The second-order valence-corrected chi connectivity index (χ2v) is 4.94. The van der Waals surface area contributed by atoms with Crippen molar-refractivity contribution < 1.29 is 4.79 Å². The van der Waals surface area contributed by atoms with E-state index in [-0.39, 0.29) is 12.5 Å². The number of amides is 1. The van der Waals surface area contributed by atoms with Crippen molar-refractivity contribution in [1.29, 1.82) is 0 Å². The summed E-state index contributed by atoms with van der Waals surface area (Å²) in [6, 6.07) is 7.31. The number of hydrogen-bond donors (Lipinski definition) is 3. The molecule has 1 atom stereocenters. The minimum absolute atomic E-state index is 0.230. The van der Waals surface area contributed by atoms with Crippen LogP contribution in [0.25, 0.3) is 10.9 Å². The molecule has 19 heavy (non-hydrogen) atoms. The van der Waals surface area contributed by atoms with Gasteiger partial charge in [-0.3, -0.25) is 4.79 Å². The summed E-state index contributed by atoms with van der Waals surface area (Å²) < 4.78 is 0. The molecule has 2 rings (SSSR count). The van der Waals surface area contributed by atoms with Gasteiger partial charge in [-0.2, -0.15) is 0 Å². The molecule has 1 amide bonds. The molecule has 4 N–H and O–H groups in total. The summed E-state index contributed by atoms with van der Waals surface area (Å²) >= 11 is 5.59. The second kappa shape index (κ2) is 5.91. The fourth-order valence-electron chi connectivity index (χ4n) is 1.94. The number of benzene rings is 1. The molecule has 0 aliphatic rings. The van der Waals surface area contributed by atoms with Crippen molar-refractivity contribution >= 4 is 28.4 Å². The minimum Gasteiger partial charge on any atom is -0.361 e. The van der Waals surface area contributed by atoms with Gasteiger partial charge in [0.1, 0.15) is 0 Å². The molecule has 0 fully saturated rings. The number of carbonyl (C=O) groups is 1. The molecule has 5 heteroatoms. The predicted octanol–water partition coefficient (Wildman–Crippen LogP) is 1.91. The molecule has 1 unspecified atom stereocenters. The van der Waals surface area contributed by atoms with Crippen LogP contribution in [0.3, 0.4) is 0 Å². The number of carbonyl (C=O) groups excluding carboxylic acids is 1. The first-order chi connectivity index (χ1) is 9.08. The summed E-state index contributed by atoms with van der Waals surface area (Å²) in [4.78, 5) is 14.9. The van der Waals surface area contributed by atoms with Crippen molar-refractivity contribution in [3.05, 3.63) is 47.6 Å². The van der Waals surface area contributed by atoms with E-state index < -0.39 is 6.04 Å². The number of aromatic nitrogens is 1. The number of halogens is 1. The number of para-hydroxylation sites is 1. The largest absolute Gasteiger partial charge is 0.361 e. The lowest BCUT2D eigenvalue weighted by Gasteiger charge is -2.11. The van der Waals surface area contributed by atoms with E-state index in [2.05, 4.69) is 16.9 Å². The van der Waals surface area contributed by atoms with Gasteiger partial charge in [0, 0.05) is 22.1 Å². The maximum Gasteiger partial charge on any atom is 0.237 e. The fraction of sp³-hybridized carbons (Fsp3) is 0.214. The lowest BCUT2D eigenvalue weighted by molar-refractivity contribution is -0.122. The lowest BCUT2D eigenvalue weighted by Crippen LogP contribution is -2.42. The van der Waals surface area contributed by atoms with Crippen LogP contribution >= 0.6 is 11.6 Å². The highest BCUT2D eigenvalue weighted by atomic mass is 35.5. The molecule has 0 bridgehead atoms. The molecule has 4 nitrogen and oxygen atoms in total. The Morgan fingerprint density at radius 3 is 2.95 bits per heavy atom. The quantitative estimate of drug-likeness (QED) is 0.781. The van der Waals surface area contributed by atoms with Crippen LogP contribution in [-0.2, 0) is 11.2 Å². The van der Waals surface area contributed by atoms with Crippen molar-refractivity contribution in [2.45, 2.75) is 12.5 Å². The van der Waals surface area contributed by atoms with E-state index in [1.165, 1.54) is 0 Å². The normalized spacial score (nSPS) is 12.3. The van der Waals surface area contributed by atoms with Gasteiger partial charge in [0.05, 0.1) is 12.6 Å². The monoisotopic (exact) mass is 277 g/mol. The first-order valence-corrected chi connectivity index (χ1v) is 6.37. The number of nitrogens with one attached hydrogen (secondary N) is 2.